The van der Waals surface area contributed by atoms with E-state index in [1.54, 1.807) is 24.3 Å². The number of hydrogen-bond acceptors (Lipinski definition) is 28. The lowest BCUT2D eigenvalue weighted by molar-refractivity contribution is -0.111. The molecule has 2 heterocycles. The molecule has 8 atom stereocenters. The lowest BCUT2D eigenvalue weighted by Gasteiger charge is -2.25. The highest BCUT2D eigenvalue weighted by atomic mass is 32.2. The first-order valence-electron chi connectivity index (χ1n) is 20.2. The first-order chi connectivity index (χ1) is 32.7. The summed E-state index contributed by atoms with van der Waals surface area (Å²) >= 11 is 0. The minimum atomic E-state index is -4.91. The van der Waals surface area contributed by atoms with Crippen molar-refractivity contribution in [2.24, 2.45) is 0 Å². The number of rotatable bonds is 29. The Hall–Kier alpha value is -5.67. The Morgan fingerprint density at radius 1 is 0.471 bits per heavy atom. The van der Waals surface area contributed by atoms with Crippen molar-refractivity contribution in [2.75, 3.05) is 82.8 Å². The number of nitrogens with zero attached hydrogens (tertiary/aromatic N) is 6. The van der Waals surface area contributed by atoms with E-state index >= 15 is 0 Å². The number of aromatic nitrogens is 6. The molecule has 0 saturated heterocycles. The maximum Gasteiger partial charge on any atom is 0.295 e. The van der Waals surface area contributed by atoms with Crippen LogP contribution >= 0.6 is 0 Å². The van der Waals surface area contributed by atoms with Crippen molar-refractivity contribution >= 4 is 89.6 Å². The van der Waals surface area contributed by atoms with Crippen molar-refractivity contribution in [2.45, 2.75) is 53.7 Å². The smallest absolute Gasteiger partial charge is 0.295 e. The molecule has 0 aliphatic carbocycles. The lowest BCUT2D eigenvalue weighted by atomic mass is 10.0. The van der Waals surface area contributed by atoms with E-state index in [4.69, 9.17) is 19.3 Å². The monoisotopic (exact) mass is 1050 g/mol. The summed E-state index contributed by atoms with van der Waals surface area (Å²) in [5, 5.41) is 114. The summed E-state index contributed by atoms with van der Waals surface area (Å²) in [6.45, 7) is -3.64. The van der Waals surface area contributed by atoms with Crippen molar-refractivity contribution in [1.82, 2.24) is 29.9 Å². The molecule has 0 saturated carbocycles. The standard InChI is InChI=1S/C36H52N12O19S3/c49-16-24(53)29(57)27(55)22(51)14-39-33-43-31(37-9-11-68(59,60)61)45-35(47-33)41-20-6-2-18(3-7-20)1-4-19-5-8-21(13-26(19)70(65,66)67)42-36-46-32(38-10-12-69(62,63)64)44-34(48-36)40-15-23(52)28(56)30(58)25(54)17-50/h1-8,13,22-25,27-30,49-58H,9-12,14-17H2,(H,59,60,61)(H,62,63,64)(H,65,66,67)(H3,37,39,41,43,45,47)(H3,38,40,42,44,46,48). The maximum atomic E-state index is 12.6. The second-order valence-corrected chi connectivity index (χ2v) is 19.4. The van der Waals surface area contributed by atoms with Gasteiger partial charge in [0.2, 0.25) is 35.7 Å². The van der Waals surface area contributed by atoms with Gasteiger partial charge in [-0.3, -0.25) is 13.7 Å². The highest BCUT2D eigenvalue weighted by Gasteiger charge is 2.31. The fourth-order valence-corrected chi connectivity index (χ4v) is 7.05. The lowest BCUT2D eigenvalue weighted by Crippen LogP contribution is -2.48. The molecular formula is C36H52N12O19S3. The number of benzene rings is 2. The number of aliphatic hydroxyl groups excluding tert-OH is 10. The van der Waals surface area contributed by atoms with Crippen LogP contribution in [0.5, 0.6) is 0 Å². The summed E-state index contributed by atoms with van der Waals surface area (Å²) in [6, 6.07) is 9.94. The SMILES string of the molecule is O=S(=O)(O)CCNc1nc(NCC(O)C(O)C(O)C(O)CO)nc(Nc2ccc(C=Cc3ccc(Nc4nc(NCCS(=O)(=O)O)nc(NCC(O)C(O)C(O)C(O)CO)n4)cc3S(=O)(=O)O)cc2)n1. The second kappa shape index (κ2) is 25.4. The van der Waals surface area contributed by atoms with Crippen LogP contribution in [0.3, 0.4) is 0 Å². The molecule has 0 spiro atoms. The largest absolute Gasteiger partial charge is 0.394 e. The molecule has 8 unspecified atom stereocenters. The van der Waals surface area contributed by atoms with Gasteiger partial charge in [0, 0.05) is 37.6 Å². The predicted molar refractivity (Wildman–Crippen MR) is 247 cm³/mol. The summed E-state index contributed by atoms with van der Waals surface area (Å²) in [4.78, 5) is 23.9. The second-order valence-electron chi connectivity index (χ2n) is 14.8. The third kappa shape index (κ3) is 18.6. The minimum Gasteiger partial charge on any atom is -0.394 e. The van der Waals surface area contributed by atoms with Gasteiger partial charge in [0.05, 0.1) is 36.9 Å². The van der Waals surface area contributed by atoms with Gasteiger partial charge in [0.1, 0.15) is 41.5 Å². The summed E-state index contributed by atoms with van der Waals surface area (Å²) < 4.78 is 98.5. The molecule has 70 heavy (non-hydrogen) atoms. The highest BCUT2D eigenvalue weighted by Crippen LogP contribution is 2.26. The summed E-state index contributed by atoms with van der Waals surface area (Å²) in [6.07, 6.45) is -11.9. The number of hydrogen-bond donors (Lipinski definition) is 19. The fourth-order valence-electron chi connectivity index (χ4n) is 5.62. The molecule has 0 aliphatic heterocycles. The van der Waals surface area contributed by atoms with Crippen LogP contribution in [-0.4, -0.2) is 220 Å². The van der Waals surface area contributed by atoms with Crippen LogP contribution in [-0.2, 0) is 30.4 Å². The Balaban J connectivity index is 1.53. The molecule has 0 radical (unpaired) electrons. The van der Waals surface area contributed by atoms with E-state index < -0.39 is 128 Å². The van der Waals surface area contributed by atoms with Gasteiger partial charge in [-0.25, -0.2) is 0 Å². The summed E-state index contributed by atoms with van der Waals surface area (Å²) in [7, 11) is -13.7. The maximum absolute atomic E-state index is 12.6. The topological polar surface area (TPSA) is 515 Å². The Bertz CT molecular complexity index is 2710. The van der Waals surface area contributed by atoms with Gasteiger partial charge >= 0.3 is 0 Å². The van der Waals surface area contributed by atoms with Gasteiger partial charge in [-0.2, -0.15) is 55.2 Å². The molecule has 2 aromatic heterocycles. The van der Waals surface area contributed by atoms with Gasteiger partial charge in [0.25, 0.3) is 30.4 Å². The van der Waals surface area contributed by atoms with Gasteiger partial charge in [-0.1, -0.05) is 30.4 Å². The Morgan fingerprint density at radius 3 is 1.24 bits per heavy atom. The molecule has 19 N–H and O–H groups in total. The molecule has 0 fully saturated rings. The molecule has 31 nitrogen and oxygen atoms in total. The van der Waals surface area contributed by atoms with Crippen LogP contribution in [0.1, 0.15) is 11.1 Å². The Labute approximate surface area is 398 Å². The third-order valence-corrected chi connectivity index (χ3v) is 11.7. The van der Waals surface area contributed by atoms with Gasteiger partial charge in [-0.15, -0.1) is 0 Å². The number of anilines is 8. The molecule has 388 valence electrons. The Kier molecular flexibility index (Phi) is 20.7. The predicted octanol–water partition coefficient (Wildman–Crippen LogP) is -4.74. The first-order valence-corrected chi connectivity index (χ1v) is 24.9. The van der Waals surface area contributed by atoms with Crippen LogP contribution < -0.4 is 31.9 Å². The fraction of sp³-hybridized carbons (Fsp3) is 0.444. The van der Waals surface area contributed by atoms with Crippen LogP contribution in [0.4, 0.5) is 47.1 Å². The zero-order valence-corrected chi connectivity index (χ0v) is 38.6. The van der Waals surface area contributed by atoms with Crippen LogP contribution in [0.2, 0.25) is 0 Å². The molecule has 0 amide bonds. The molecule has 0 aliphatic rings. The van der Waals surface area contributed by atoms with Crippen LogP contribution in [0, 0.1) is 0 Å². The zero-order valence-electron chi connectivity index (χ0n) is 36.1. The summed E-state index contributed by atoms with van der Waals surface area (Å²) in [5.74, 6) is -3.04. The van der Waals surface area contributed by atoms with E-state index in [1.807, 2.05) is 0 Å². The van der Waals surface area contributed by atoms with Gasteiger partial charge < -0.3 is 83.0 Å². The molecule has 4 rings (SSSR count). The molecule has 0 bridgehead atoms. The number of aliphatic hydroxyl groups is 10. The normalized spacial score (nSPS) is 15.8. The van der Waals surface area contributed by atoms with Gasteiger partial charge in [-0.05, 0) is 35.4 Å². The average Bonchev–Trinajstić information content (AvgIpc) is 3.29. The van der Waals surface area contributed by atoms with Crippen molar-refractivity contribution in [3.63, 3.8) is 0 Å². The zero-order chi connectivity index (χ0) is 52.0. The average molecular weight is 1050 g/mol. The van der Waals surface area contributed by atoms with Crippen LogP contribution in [0.25, 0.3) is 12.2 Å². The molecule has 4 aromatic rings. The third-order valence-electron chi connectivity index (χ3n) is 9.32. The van der Waals surface area contributed by atoms with Gasteiger partial charge in [0.15, 0.2) is 0 Å². The van der Waals surface area contributed by atoms with E-state index in [0.717, 1.165) is 6.07 Å². The quantitative estimate of drug-likeness (QED) is 0.0179. The highest BCUT2D eigenvalue weighted by molar-refractivity contribution is 7.86. The van der Waals surface area contributed by atoms with E-state index in [0.29, 0.717) is 11.3 Å². The van der Waals surface area contributed by atoms with Crippen molar-refractivity contribution in [3.05, 3.63) is 53.6 Å². The molecule has 34 heteroatoms. The minimum absolute atomic E-state index is 0.00200. The van der Waals surface area contributed by atoms with E-state index in [9.17, 15) is 70.7 Å². The number of nitrogens with one attached hydrogen (secondary N) is 6. The van der Waals surface area contributed by atoms with Crippen molar-refractivity contribution in [1.29, 1.82) is 0 Å². The van der Waals surface area contributed by atoms with E-state index in [2.05, 4.69) is 61.8 Å². The van der Waals surface area contributed by atoms with Crippen molar-refractivity contribution < 1.29 is 90.0 Å². The van der Waals surface area contributed by atoms with Crippen molar-refractivity contribution in [3.8, 4) is 0 Å². The van der Waals surface area contributed by atoms with E-state index in [1.165, 1.54) is 24.3 Å². The van der Waals surface area contributed by atoms with E-state index in [-0.39, 0.29) is 53.5 Å². The molecular weight excluding hydrogens is 1000 g/mol. The first kappa shape index (κ1) is 56.9. The molecule has 2 aromatic carbocycles. The summed E-state index contributed by atoms with van der Waals surface area (Å²) in [5.41, 5.74) is 0.842. The Morgan fingerprint density at radius 2 is 0.843 bits per heavy atom. The van der Waals surface area contributed by atoms with Crippen LogP contribution in [0.15, 0.2) is 47.4 Å².